The van der Waals surface area contributed by atoms with Crippen LogP contribution in [0.3, 0.4) is 0 Å². The molecule has 0 saturated heterocycles. The Kier molecular flexibility index (Phi) is 2.28. The van der Waals surface area contributed by atoms with E-state index in [1.807, 2.05) is 0 Å². The summed E-state index contributed by atoms with van der Waals surface area (Å²) in [5, 5.41) is 9.67. The van der Waals surface area contributed by atoms with Gasteiger partial charge in [0.25, 0.3) is 0 Å². The van der Waals surface area contributed by atoms with Crippen molar-refractivity contribution in [3.63, 3.8) is 0 Å². The Morgan fingerprint density at radius 2 is 2.20 bits per heavy atom. The molecule has 0 fully saturated rings. The summed E-state index contributed by atoms with van der Waals surface area (Å²) in [6.45, 7) is 1.68. The van der Waals surface area contributed by atoms with Gasteiger partial charge in [0.2, 0.25) is 0 Å². The molecule has 1 aromatic carbocycles. The number of benzene rings is 1. The van der Waals surface area contributed by atoms with Gasteiger partial charge in [-0.05, 0) is 18.9 Å². The third-order valence-electron chi connectivity index (χ3n) is 1.51. The Hall–Kier alpha value is -1.84. The van der Waals surface area contributed by atoms with Crippen LogP contribution in [0.4, 0.5) is 0 Å². The van der Waals surface area contributed by atoms with Crippen molar-refractivity contribution in [1.29, 1.82) is 5.41 Å². The fourth-order valence-corrected chi connectivity index (χ4v) is 0.921. The second kappa shape index (κ2) is 5.80. The number of hydrogen-bond donors (Lipinski definition) is 3. The van der Waals surface area contributed by atoms with Crippen LogP contribution in [0, 0.1) is 5.41 Å². The van der Waals surface area contributed by atoms with Crippen LogP contribution in [0.2, 0.25) is 0 Å². The van der Waals surface area contributed by atoms with Gasteiger partial charge in [-0.2, -0.15) is 0 Å². The van der Waals surface area contributed by atoms with E-state index in [2.05, 4.69) is 10.3 Å². The summed E-state index contributed by atoms with van der Waals surface area (Å²) in [7, 11) is 0. The zero-order valence-corrected chi connectivity index (χ0v) is 8.44. The highest BCUT2D eigenvalue weighted by atomic mass is 15.1. The molecule has 0 radical (unpaired) electrons. The number of nitrogens with two attached hydrogens (primary N) is 1. The zero-order valence-electron chi connectivity index (χ0n) is 13.4. The van der Waals surface area contributed by atoms with Gasteiger partial charge in [-0.15, -0.1) is 0 Å². The van der Waals surface area contributed by atoms with Crippen LogP contribution in [0.5, 0.6) is 0 Å². The Bertz CT molecular complexity index is 541. The van der Waals surface area contributed by atoms with Crippen LogP contribution in [0.1, 0.15) is 19.3 Å². The van der Waals surface area contributed by atoms with E-state index in [0.717, 1.165) is 0 Å². The average Bonchev–Trinajstić information content (AvgIpc) is 2.37. The molecule has 0 aliphatic carbocycles. The number of guanidine groups is 1. The predicted molar refractivity (Wildman–Crippen MR) is 63.2 cm³/mol. The fourth-order valence-electron chi connectivity index (χ4n) is 0.921. The molecule has 1 rings (SSSR count). The van der Waals surface area contributed by atoms with Crippen molar-refractivity contribution in [3.8, 4) is 0 Å². The summed E-state index contributed by atoms with van der Waals surface area (Å²) in [4.78, 5) is 3.93. The smallest absolute Gasteiger partial charge is 0.194 e. The number of nitrogens with one attached hydrogen (secondary N) is 2. The summed E-state index contributed by atoms with van der Waals surface area (Å²) in [5.41, 5.74) is 5.71. The number of rotatable bonds is 3. The molecule has 0 unspecified atom stereocenters. The van der Waals surface area contributed by atoms with Crippen molar-refractivity contribution in [1.82, 2.24) is 5.32 Å². The summed E-state index contributed by atoms with van der Waals surface area (Å²) in [5.74, 6) is 0.207. The van der Waals surface area contributed by atoms with Gasteiger partial charge in [0.15, 0.2) is 5.96 Å². The van der Waals surface area contributed by atoms with E-state index in [1.54, 1.807) is 0 Å². The standard InChI is InChI=1S/C11H16N4/c1-9(12)15-11(13)14-8-7-10-5-3-2-4-6-10/h2-6H,7-8H2,1H3,(H4,12,13,14,15)/i2D,3D,4D,5D,6D. The minimum atomic E-state index is -0.409. The lowest BCUT2D eigenvalue weighted by Gasteiger charge is -2.02. The third-order valence-corrected chi connectivity index (χ3v) is 1.51. The van der Waals surface area contributed by atoms with Crippen molar-refractivity contribution in [2.24, 2.45) is 10.7 Å². The van der Waals surface area contributed by atoms with E-state index in [4.69, 9.17) is 18.0 Å². The molecular formula is C11H16N4. The molecule has 80 valence electrons. The number of aliphatic imine (C=N–C) groups is 1. The maximum Gasteiger partial charge on any atom is 0.194 e. The molecule has 1 aromatic rings. The van der Waals surface area contributed by atoms with Crippen molar-refractivity contribution in [3.05, 3.63) is 35.8 Å². The van der Waals surface area contributed by atoms with Crippen molar-refractivity contribution < 1.29 is 6.85 Å². The van der Waals surface area contributed by atoms with Crippen LogP contribution in [-0.2, 0) is 6.42 Å². The van der Waals surface area contributed by atoms with E-state index >= 15 is 0 Å². The first kappa shape index (κ1) is 5.90. The predicted octanol–water partition coefficient (Wildman–Crippen LogP) is 1.13. The molecular weight excluding hydrogens is 188 g/mol. The van der Waals surface area contributed by atoms with Gasteiger partial charge in [-0.25, -0.2) is 0 Å². The van der Waals surface area contributed by atoms with Gasteiger partial charge in [0.1, 0.15) is 0 Å². The molecule has 0 aliphatic heterocycles. The minimum Gasteiger partial charge on any atom is -0.370 e. The Balaban J connectivity index is 2.92. The molecule has 0 bridgehead atoms. The van der Waals surface area contributed by atoms with Crippen LogP contribution in [0.15, 0.2) is 35.2 Å². The highest BCUT2D eigenvalue weighted by Gasteiger charge is 1.92. The summed E-state index contributed by atoms with van der Waals surface area (Å²) in [6.07, 6.45) is 0.176. The second-order valence-electron chi connectivity index (χ2n) is 2.87. The second-order valence-corrected chi connectivity index (χ2v) is 2.87. The summed E-state index contributed by atoms with van der Waals surface area (Å²) < 4.78 is 38.0. The van der Waals surface area contributed by atoms with Crippen LogP contribution >= 0.6 is 0 Å². The van der Waals surface area contributed by atoms with Crippen molar-refractivity contribution in [2.75, 3.05) is 6.54 Å². The number of amidine groups is 1. The Labute approximate surface area is 96.8 Å². The fraction of sp³-hybridized carbons (Fsp3) is 0.273. The van der Waals surface area contributed by atoms with E-state index in [9.17, 15) is 0 Å². The first-order valence-electron chi connectivity index (χ1n) is 6.93. The molecule has 0 saturated carbocycles. The third kappa shape index (κ3) is 4.81. The van der Waals surface area contributed by atoms with Gasteiger partial charge in [0, 0.05) is 6.54 Å². The quantitative estimate of drug-likeness (QED) is 0.515. The topological polar surface area (TPSA) is 74.3 Å². The summed E-state index contributed by atoms with van der Waals surface area (Å²) in [6, 6.07) is -1.56. The van der Waals surface area contributed by atoms with Crippen molar-refractivity contribution >= 4 is 11.8 Å². The van der Waals surface area contributed by atoms with Crippen LogP contribution in [-0.4, -0.2) is 18.3 Å². The van der Waals surface area contributed by atoms with E-state index in [1.165, 1.54) is 6.92 Å². The monoisotopic (exact) mass is 209 g/mol. The van der Waals surface area contributed by atoms with E-state index < -0.39 is 6.04 Å². The van der Waals surface area contributed by atoms with Gasteiger partial charge >= 0.3 is 0 Å². The number of nitrogens with zero attached hydrogens (tertiary/aromatic N) is 1. The highest BCUT2D eigenvalue weighted by Crippen LogP contribution is 1.98. The molecule has 0 atom stereocenters. The lowest BCUT2D eigenvalue weighted by molar-refractivity contribution is 0.955. The normalized spacial score (nSPS) is 15.8. The van der Waals surface area contributed by atoms with Gasteiger partial charge in [0.05, 0.1) is 12.7 Å². The molecule has 0 aliphatic rings. The molecule has 4 heteroatoms. The summed E-state index contributed by atoms with van der Waals surface area (Å²) >= 11 is 0. The lowest BCUT2D eigenvalue weighted by Crippen LogP contribution is -2.35. The molecule has 0 heterocycles. The van der Waals surface area contributed by atoms with Gasteiger partial charge in [-0.3, -0.25) is 10.4 Å². The lowest BCUT2D eigenvalue weighted by atomic mass is 10.2. The van der Waals surface area contributed by atoms with E-state index in [0.29, 0.717) is 0 Å². The molecule has 0 spiro atoms. The molecule has 4 N–H and O–H groups in total. The van der Waals surface area contributed by atoms with Gasteiger partial charge in [-0.1, -0.05) is 30.2 Å². The SMILES string of the molecule is [2H]c1c([2H])c([2H])c(CCN=C(N)NC(C)=N)c([2H])c1[2H]. The largest absolute Gasteiger partial charge is 0.370 e. The highest BCUT2D eigenvalue weighted by molar-refractivity contribution is 5.96. The van der Waals surface area contributed by atoms with Crippen molar-refractivity contribution in [2.45, 2.75) is 13.3 Å². The molecule has 4 nitrogen and oxygen atoms in total. The van der Waals surface area contributed by atoms with Gasteiger partial charge < -0.3 is 11.1 Å². The average molecular weight is 209 g/mol. The Morgan fingerprint density at radius 3 is 2.80 bits per heavy atom. The maximum absolute atomic E-state index is 7.73. The first-order chi connectivity index (χ1) is 9.25. The molecule has 0 aromatic heterocycles. The minimum absolute atomic E-state index is 0.0601. The number of hydrogen-bond acceptors (Lipinski definition) is 2. The molecule has 15 heavy (non-hydrogen) atoms. The van der Waals surface area contributed by atoms with E-state index in [-0.39, 0.29) is 54.5 Å². The maximum atomic E-state index is 7.73. The zero-order chi connectivity index (χ0) is 15.4. The van der Waals surface area contributed by atoms with Crippen LogP contribution in [0.25, 0.3) is 0 Å². The Morgan fingerprint density at radius 1 is 1.53 bits per heavy atom. The molecule has 0 amide bonds. The van der Waals surface area contributed by atoms with Crippen LogP contribution < -0.4 is 11.1 Å². The first-order valence-corrected chi connectivity index (χ1v) is 4.43.